The van der Waals surface area contributed by atoms with Gasteiger partial charge >= 0.3 is 11.9 Å². The fourth-order valence-corrected chi connectivity index (χ4v) is 3.25. The van der Waals surface area contributed by atoms with Crippen LogP contribution in [0.1, 0.15) is 56.9 Å². The molecule has 0 spiro atoms. The molecular weight excluding hydrogens is 370 g/mol. The van der Waals surface area contributed by atoms with Gasteiger partial charge in [-0.3, -0.25) is 14.9 Å². The van der Waals surface area contributed by atoms with E-state index in [0.29, 0.717) is 18.9 Å². The van der Waals surface area contributed by atoms with Crippen LogP contribution in [0.3, 0.4) is 0 Å². The average molecular weight is 402 g/mol. The summed E-state index contributed by atoms with van der Waals surface area (Å²) in [6, 6.07) is 6.41. The standard InChI is InChI=1S/C22H31N3O4/c1-14(2)9-19(21(26)27)24-20(22(28)29)10-18-11-23-13-25(18)12-16-5-7-17(8-6-16)15(3)4/h5-8,11,13-15,19-20,24H,9-10,12H2,1-4H3,(H,26,27)(H,28,29). The molecule has 2 unspecified atom stereocenters. The van der Waals surface area contributed by atoms with Crippen LogP contribution in [-0.2, 0) is 22.6 Å². The van der Waals surface area contributed by atoms with Crippen LogP contribution in [0.5, 0.6) is 0 Å². The highest BCUT2D eigenvalue weighted by atomic mass is 16.4. The van der Waals surface area contributed by atoms with Crippen LogP contribution >= 0.6 is 0 Å². The third-order valence-electron chi connectivity index (χ3n) is 4.92. The molecule has 2 rings (SSSR count). The minimum absolute atomic E-state index is 0.136. The van der Waals surface area contributed by atoms with E-state index in [0.717, 1.165) is 11.3 Å². The Kier molecular flexibility index (Phi) is 7.96. The third kappa shape index (κ3) is 6.71. The second-order valence-corrected chi connectivity index (χ2v) is 8.19. The molecular formula is C22H31N3O4. The van der Waals surface area contributed by atoms with Gasteiger partial charge in [-0.2, -0.15) is 0 Å². The molecule has 2 atom stereocenters. The van der Waals surface area contributed by atoms with Gasteiger partial charge in [-0.05, 0) is 29.4 Å². The molecule has 7 heteroatoms. The largest absolute Gasteiger partial charge is 0.480 e. The molecule has 0 saturated carbocycles. The minimum Gasteiger partial charge on any atom is -0.480 e. The molecule has 3 N–H and O–H groups in total. The fourth-order valence-electron chi connectivity index (χ4n) is 3.25. The minimum atomic E-state index is -1.07. The maximum Gasteiger partial charge on any atom is 0.321 e. The lowest BCUT2D eigenvalue weighted by molar-refractivity contribution is -0.142. The highest BCUT2D eigenvalue weighted by Gasteiger charge is 2.27. The molecule has 0 aliphatic rings. The Labute approximate surface area is 171 Å². The maximum absolute atomic E-state index is 11.8. The predicted octanol–water partition coefficient (Wildman–Crippen LogP) is 3.14. The first kappa shape index (κ1) is 22.6. The van der Waals surface area contributed by atoms with E-state index in [-0.39, 0.29) is 12.3 Å². The number of imidazole rings is 1. The fraction of sp³-hybridized carbons (Fsp3) is 0.500. The molecule has 7 nitrogen and oxygen atoms in total. The number of carboxylic acids is 2. The summed E-state index contributed by atoms with van der Waals surface area (Å²) < 4.78 is 1.90. The first-order valence-corrected chi connectivity index (χ1v) is 9.96. The molecule has 1 aromatic carbocycles. The zero-order valence-electron chi connectivity index (χ0n) is 17.5. The lowest BCUT2D eigenvalue weighted by Gasteiger charge is -2.22. The monoisotopic (exact) mass is 401 g/mol. The van der Waals surface area contributed by atoms with Crippen molar-refractivity contribution in [3.8, 4) is 0 Å². The van der Waals surface area contributed by atoms with E-state index >= 15 is 0 Å². The van der Waals surface area contributed by atoms with Crippen LogP contribution in [0.25, 0.3) is 0 Å². The van der Waals surface area contributed by atoms with Gasteiger partial charge in [0.1, 0.15) is 12.1 Å². The van der Waals surface area contributed by atoms with Crippen LogP contribution in [0.15, 0.2) is 36.8 Å². The van der Waals surface area contributed by atoms with E-state index in [4.69, 9.17) is 0 Å². The van der Waals surface area contributed by atoms with Gasteiger partial charge in [0.2, 0.25) is 0 Å². The molecule has 0 aliphatic carbocycles. The van der Waals surface area contributed by atoms with Crippen molar-refractivity contribution in [3.63, 3.8) is 0 Å². The Bertz CT molecular complexity index is 812. The van der Waals surface area contributed by atoms with Gasteiger partial charge in [-0.25, -0.2) is 4.98 Å². The summed E-state index contributed by atoms with van der Waals surface area (Å²) in [7, 11) is 0. The molecule has 0 amide bonds. The van der Waals surface area contributed by atoms with Crippen molar-refractivity contribution < 1.29 is 19.8 Å². The maximum atomic E-state index is 11.8. The van der Waals surface area contributed by atoms with Gasteiger partial charge in [-0.1, -0.05) is 52.0 Å². The number of aliphatic carboxylic acids is 2. The first-order chi connectivity index (χ1) is 13.7. The SMILES string of the molecule is CC(C)CC(NC(Cc1cncn1Cc1ccc(C(C)C)cc1)C(=O)O)C(=O)O. The van der Waals surface area contributed by atoms with Crippen LogP contribution in [0, 0.1) is 5.92 Å². The summed E-state index contributed by atoms with van der Waals surface area (Å²) in [5.74, 6) is -1.52. The summed E-state index contributed by atoms with van der Waals surface area (Å²) in [6.07, 6.45) is 3.83. The predicted molar refractivity (Wildman–Crippen MR) is 111 cm³/mol. The Hall–Kier alpha value is -2.67. The quantitative estimate of drug-likeness (QED) is 0.534. The molecule has 0 fully saturated rings. The Morgan fingerprint density at radius 3 is 2.17 bits per heavy atom. The van der Waals surface area contributed by atoms with Crippen molar-refractivity contribution in [2.45, 2.75) is 65.1 Å². The zero-order chi connectivity index (χ0) is 21.6. The number of carboxylic acid groups (broad SMARTS) is 2. The number of benzene rings is 1. The van der Waals surface area contributed by atoms with E-state index in [2.05, 4.69) is 48.4 Å². The van der Waals surface area contributed by atoms with Gasteiger partial charge in [-0.15, -0.1) is 0 Å². The first-order valence-electron chi connectivity index (χ1n) is 9.96. The van der Waals surface area contributed by atoms with Gasteiger partial charge in [0.15, 0.2) is 0 Å². The van der Waals surface area contributed by atoms with Gasteiger partial charge < -0.3 is 14.8 Å². The second-order valence-electron chi connectivity index (χ2n) is 8.19. The molecule has 0 radical (unpaired) electrons. The van der Waals surface area contributed by atoms with Crippen LogP contribution in [0.2, 0.25) is 0 Å². The number of hydrogen-bond acceptors (Lipinski definition) is 4. The lowest BCUT2D eigenvalue weighted by atomic mass is 10.0. The van der Waals surface area contributed by atoms with E-state index in [9.17, 15) is 19.8 Å². The van der Waals surface area contributed by atoms with Crippen molar-refractivity contribution in [3.05, 3.63) is 53.6 Å². The summed E-state index contributed by atoms with van der Waals surface area (Å²) in [4.78, 5) is 27.4. The van der Waals surface area contributed by atoms with E-state index < -0.39 is 24.0 Å². The number of rotatable bonds is 11. The van der Waals surface area contributed by atoms with E-state index in [1.165, 1.54) is 5.56 Å². The molecule has 0 aliphatic heterocycles. The third-order valence-corrected chi connectivity index (χ3v) is 4.92. The van der Waals surface area contributed by atoms with Crippen molar-refractivity contribution in [1.82, 2.24) is 14.9 Å². The van der Waals surface area contributed by atoms with Gasteiger partial charge in [0.05, 0.1) is 6.33 Å². The zero-order valence-corrected chi connectivity index (χ0v) is 17.5. The summed E-state index contributed by atoms with van der Waals surface area (Å²) >= 11 is 0. The van der Waals surface area contributed by atoms with Gasteiger partial charge in [0.25, 0.3) is 0 Å². The van der Waals surface area contributed by atoms with Crippen molar-refractivity contribution in [2.24, 2.45) is 5.92 Å². The Morgan fingerprint density at radius 2 is 1.66 bits per heavy atom. The Morgan fingerprint density at radius 1 is 1.03 bits per heavy atom. The van der Waals surface area contributed by atoms with Crippen molar-refractivity contribution in [1.29, 1.82) is 0 Å². The second kappa shape index (κ2) is 10.2. The molecule has 0 bridgehead atoms. The number of carbonyl (C=O) groups is 2. The van der Waals surface area contributed by atoms with Crippen molar-refractivity contribution >= 4 is 11.9 Å². The summed E-state index contributed by atoms with van der Waals surface area (Å²) in [5.41, 5.74) is 3.10. The highest BCUT2D eigenvalue weighted by Crippen LogP contribution is 2.16. The highest BCUT2D eigenvalue weighted by molar-refractivity contribution is 5.77. The number of hydrogen-bond donors (Lipinski definition) is 3. The molecule has 1 aromatic heterocycles. The van der Waals surface area contributed by atoms with Crippen molar-refractivity contribution in [2.75, 3.05) is 0 Å². The molecule has 1 heterocycles. The summed E-state index contributed by atoms with van der Waals surface area (Å²) in [5, 5.41) is 21.8. The normalized spacial score (nSPS) is 13.6. The average Bonchev–Trinajstić information content (AvgIpc) is 3.07. The Balaban J connectivity index is 2.12. The summed E-state index contributed by atoms with van der Waals surface area (Å²) in [6.45, 7) is 8.69. The van der Waals surface area contributed by atoms with Gasteiger partial charge in [0, 0.05) is 24.9 Å². The molecule has 158 valence electrons. The number of nitrogens with zero attached hydrogens (tertiary/aromatic N) is 2. The molecule has 2 aromatic rings. The van der Waals surface area contributed by atoms with Crippen LogP contribution < -0.4 is 5.32 Å². The van der Waals surface area contributed by atoms with E-state index in [1.807, 2.05) is 18.4 Å². The topological polar surface area (TPSA) is 104 Å². The number of aromatic nitrogens is 2. The molecule has 0 saturated heterocycles. The smallest absolute Gasteiger partial charge is 0.321 e. The lowest BCUT2D eigenvalue weighted by Crippen LogP contribution is -2.49. The van der Waals surface area contributed by atoms with Crippen LogP contribution in [-0.4, -0.2) is 43.8 Å². The number of nitrogens with one attached hydrogen (secondary N) is 1. The molecule has 29 heavy (non-hydrogen) atoms. The van der Waals surface area contributed by atoms with E-state index in [1.54, 1.807) is 12.5 Å². The van der Waals surface area contributed by atoms with Crippen LogP contribution in [0.4, 0.5) is 0 Å².